The maximum Gasteiger partial charge on any atom is 0.245 e. The topological polar surface area (TPSA) is 107 Å². The number of methoxy groups -OCH3 is 2. The van der Waals surface area contributed by atoms with Crippen molar-refractivity contribution in [2.24, 2.45) is 0 Å². The van der Waals surface area contributed by atoms with Crippen molar-refractivity contribution in [3.8, 4) is 11.5 Å². The Morgan fingerprint density at radius 2 is 1.22 bits per heavy atom. The Morgan fingerprint density at radius 1 is 0.741 bits per heavy atom. The van der Waals surface area contributed by atoms with Gasteiger partial charge >= 0.3 is 0 Å². The van der Waals surface area contributed by atoms with Gasteiger partial charge in [0.1, 0.15) is 11.5 Å². The Kier molecular flexibility index (Phi) is 4.40. The van der Waals surface area contributed by atoms with E-state index >= 15 is 0 Å². The molecule has 2 heterocycles. The SMILES string of the molecule is COc1cccc(Nc2nc3nonc3nc2Nc2cccc(OC)c2)c1. The lowest BCUT2D eigenvalue weighted by molar-refractivity contribution is 0.314. The lowest BCUT2D eigenvalue weighted by atomic mass is 10.3. The van der Waals surface area contributed by atoms with E-state index in [2.05, 4.69) is 30.9 Å². The van der Waals surface area contributed by atoms with Crippen molar-refractivity contribution < 1.29 is 14.1 Å². The van der Waals surface area contributed by atoms with Gasteiger partial charge in [0.15, 0.2) is 11.6 Å². The van der Waals surface area contributed by atoms with Gasteiger partial charge in [-0.05, 0) is 34.6 Å². The molecule has 27 heavy (non-hydrogen) atoms. The van der Waals surface area contributed by atoms with E-state index in [0.29, 0.717) is 22.9 Å². The van der Waals surface area contributed by atoms with Crippen LogP contribution in [0, 0.1) is 0 Å². The van der Waals surface area contributed by atoms with E-state index < -0.39 is 0 Å². The van der Waals surface area contributed by atoms with Crippen LogP contribution >= 0.6 is 0 Å². The number of rotatable bonds is 6. The zero-order valence-electron chi connectivity index (χ0n) is 14.6. The molecule has 2 aromatic heterocycles. The number of nitrogens with zero attached hydrogens (tertiary/aromatic N) is 4. The van der Waals surface area contributed by atoms with E-state index in [1.54, 1.807) is 14.2 Å². The molecule has 136 valence electrons. The van der Waals surface area contributed by atoms with Gasteiger partial charge in [-0.2, -0.15) is 0 Å². The largest absolute Gasteiger partial charge is 0.497 e. The van der Waals surface area contributed by atoms with E-state index in [1.165, 1.54) is 0 Å². The second-order valence-electron chi connectivity index (χ2n) is 5.55. The number of fused-ring (bicyclic) bond motifs is 1. The molecule has 0 saturated carbocycles. The molecular formula is C18H16N6O3. The van der Waals surface area contributed by atoms with Crippen LogP contribution in [0.5, 0.6) is 11.5 Å². The second kappa shape index (κ2) is 7.16. The van der Waals surface area contributed by atoms with Crippen molar-refractivity contribution in [3.63, 3.8) is 0 Å². The zero-order valence-corrected chi connectivity index (χ0v) is 14.6. The molecule has 0 aliphatic carbocycles. The van der Waals surface area contributed by atoms with Gasteiger partial charge in [0.05, 0.1) is 14.2 Å². The Labute approximate surface area is 154 Å². The molecule has 0 spiro atoms. The Balaban J connectivity index is 1.72. The van der Waals surface area contributed by atoms with Crippen molar-refractivity contribution in [2.75, 3.05) is 24.9 Å². The third-order valence-corrected chi connectivity index (χ3v) is 3.78. The molecule has 2 N–H and O–H groups in total. The Hall–Kier alpha value is -3.88. The van der Waals surface area contributed by atoms with Gasteiger partial charge in [-0.15, -0.1) is 0 Å². The van der Waals surface area contributed by atoms with Gasteiger partial charge < -0.3 is 20.1 Å². The van der Waals surface area contributed by atoms with Crippen LogP contribution in [0.1, 0.15) is 0 Å². The summed E-state index contributed by atoms with van der Waals surface area (Å²) >= 11 is 0. The normalized spacial score (nSPS) is 10.6. The van der Waals surface area contributed by atoms with Crippen LogP contribution < -0.4 is 20.1 Å². The first-order valence-corrected chi connectivity index (χ1v) is 8.07. The highest BCUT2D eigenvalue weighted by Crippen LogP contribution is 2.29. The maximum absolute atomic E-state index is 5.26. The number of hydrogen-bond acceptors (Lipinski definition) is 9. The molecule has 0 aliphatic heterocycles. The standard InChI is InChI=1S/C18H16N6O3/c1-25-13-7-3-5-11(9-13)19-15-16(22-18-17(21-15)23-27-24-18)20-12-6-4-8-14(10-12)26-2/h3-10H,1-2H3,(H,19,21,23)(H,20,22,24). The van der Waals surface area contributed by atoms with Crippen LogP contribution in [0.2, 0.25) is 0 Å². The van der Waals surface area contributed by atoms with Gasteiger partial charge in [0.25, 0.3) is 0 Å². The maximum atomic E-state index is 5.26. The number of hydrogen-bond donors (Lipinski definition) is 2. The first-order chi connectivity index (χ1) is 13.2. The summed E-state index contributed by atoms with van der Waals surface area (Å²) in [6.07, 6.45) is 0. The molecule has 0 amide bonds. The van der Waals surface area contributed by atoms with Crippen LogP contribution in [0.4, 0.5) is 23.0 Å². The van der Waals surface area contributed by atoms with Gasteiger partial charge in [-0.3, -0.25) is 0 Å². The molecule has 2 aromatic carbocycles. The minimum atomic E-state index is 0.302. The van der Waals surface area contributed by atoms with E-state index in [4.69, 9.17) is 14.1 Å². The third kappa shape index (κ3) is 3.56. The predicted octanol–water partition coefficient (Wildman–Crippen LogP) is 3.52. The quantitative estimate of drug-likeness (QED) is 0.531. The fourth-order valence-electron chi connectivity index (χ4n) is 2.49. The van der Waals surface area contributed by atoms with Crippen LogP contribution in [-0.2, 0) is 0 Å². The molecule has 0 fully saturated rings. The zero-order chi connectivity index (χ0) is 18.6. The van der Waals surface area contributed by atoms with Crippen LogP contribution in [0.3, 0.4) is 0 Å². The molecule has 9 nitrogen and oxygen atoms in total. The second-order valence-corrected chi connectivity index (χ2v) is 5.55. The van der Waals surface area contributed by atoms with Gasteiger partial charge in [0, 0.05) is 23.5 Å². The van der Waals surface area contributed by atoms with E-state index in [1.807, 2.05) is 48.5 Å². The summed E-state index contributed by atoms with van der Waals surface area (Å²) in [5.41, 5.74) is 2.18. The molecule has 0 atom stereocenters. The molecular weight excluding hydrogens is 348 g/mol. The predicted molar refractivity (Wildman–Crippen MR) is 99.9 cm³/mol. The number of aromatic nitrogens is 4. The fourth-order valence-corrected chi connectivity index (χ4v) is 2.49. The smallest absolute Gasteiger partial charge is 0.245 e. The summed E-state index contributed by atoms with van der Waals surface area (Å²) in [4.78, 5) is 8.90. The van der Waals surface area contributed by atoms with Crippen LogP contribution in [-0.4, -0.2) is 34.5 Å². The minimum absolute atomic E-state index is 0.302. The van der Waals surface area contributed by atoms with E-state index in [9.17, 15) is 0 Å². The summed E-state index contributed by atoms with van der Waals surface area (Å²) < 4.78 is 15.2. The van der Waals surface area contributed by atoms with Crippen LogP contribution in [0.25, 0.3) is 11.3 Å². The summed E-state index contributed by atoms with van der Waals surface area (Å²) in [6.45, 7) is 0. The average molecular weight is 364 g/mol. The van der Waals surface area contributed by atoms with E-state index in [-0.39, 0.29) is 0 Å². The summed E-state index contributed by atoms with van der Waals surface area (Å²) in [5.74, 6) is 2.38. The fraction of sp³-hybridized carbons (Fsp3) is 0.111. The number of ether oxygens (including phenoxy) is 2. The van der Waals surface area contributed by atoms with Crippen LogP contribution in [0.15, 0.2) is 53.2 Å². The third-order valence-electron chi connectivity index (χ3n) is 3.78. The highest BCUT2D eigenvalue weighted by molar-refractivity contribution is 5.79. The first-order valence-electron chi connectivity index (χ1n) is 8.07. The first kappa shape index (κ1) is 16.6. The van der Waals surface area contributed by atoms with Crippen molar-refractivity contribution >= 4 is 34.3 Å². The summed E-state index contributed by atoms with van der Waals surface area (Å²) in [7, 11) is 3.23. The molecule has 0 unspecified atom stereocenters. The minimum Gasteiger partial charge on any atom is -0.497 e. The average Bonchev–Trinajstić information content (AvgIpc) is 3.15. The number of anilines is 4. The van der Waals surface area contributed by atoms with Crippen molar-refractivity contribution in [1.29, 1.82) is 0 Å². The lowest BCUT2D eigenvalue weighted by Gasteiger charge is -2.13. The summed E-state index contributed by atoms with van der Waals surface area (Å²) in [6, 6.07) is 15.0. The van der Waals surface area contributed by atoms with Gasteiger partial charge in [-0.25, -0.2) is 14.6 Å². The molecule has 0 bridgehead atoms. The van der Waals surface area contributed by atoms with Gasteiger partial charge in [-0.1, -0.05) is 12.1 Å². The molecule has 9 heteroatoms. The van der Waals surface area contributed by atoms with E-state index in [0.717, 1.165) is 22.9 Å². The highest BCUT2D eigenvalue weighted by Gasteiger charge is 2.14. The van der Waals surface area contributed by atoms with Crippen molar-refractivity contribution in [3.05, 3.63) is 48.5 Å². The molecule has 0 aliphatic rings. The van der Waals surface area contributed by atoms with Crippen molar-refractivity contribution in [2.45, 2.75) is 0 Å². The Morgan fingerprint density at radius 3 is 1.67 bits per heavy atom. The number of nitrogens with one attached hydrogen (secondary N) is 2. The molecule has 0 saturated heterocycles. The molecule has 0 radical (unpaired) electrons. The lowest BCUT2D eigenvalue weighted by Crippen LogP contribution is -2.03. The molecule has 4 rings (SSSR count). The number of benzene rings is 2. The highest BCUT2D eigenvalue weighted by atomic mass is 16.6. The van der Waals surface area contributed by atoms with Crippen molar-refractivity contribution in [1.82, 2.24) is 20.3 Å². The van der Waals surface area contributed by atoms with Gasteiger partial charge in [0.2, 0.25) is 11.3 Å². The molecule has 4 aromatic rings. The Bertz CT molecular complexity index is 998. The monoisotopic (exact) mass is 364 g/mol. The summed E-state index contributed by atoms with van der Waals surface area (Å²) in [5, 5.41) is 14.0.